The van der Waals surface area contributed by atoms with Crippen LogP contribution in [0.3, 0.4) is 0 Å². The van der Waals surface area contributed by atoms with Crippen LogP contribution in [0.4, 0.5) is 0 Å². The van der Waals surface area contributed by atoms with Gasteiger partial charge in [0.2, 0.25) is 0 Å². The highest BCUT2D eigenvalue weighted by Gasteiger charge is 2.17. The third kappa shape index (κ3) is 4.88. The van der Waals surface area contributed by atoms with Crippen LogP contribution in [0.25, 0.3) is 10.6 Å². The number of carbonyl (C=O) groups is 2. The molecule has 1 saturated carbocycles. The summed E-state index contributed by atoms with van der Waals surface area (Å²) >= 11 is 3.12. The van der Waals surface area contributed by atoms with E-state index in [2.05, 4.69) is 10.3 Å². The first-order chi connectivity index (χ1) is 11.7. The summed E-state index contributed by atoms with van der Waals surface area (Å²) in [4.78, 5) is 28.1. The molecule has 3 rings (SSSR count). The lowest BCUT2D eigenvalue weighted by Crippen LogP contribution is -2.38. The van der Waals surface area contributed by atoms with Crippen LogP contribution in [0.2, 0.25) is 0 Å². The maximum atomic E-state index is 11.9. The number of carbonyl (C=O) groups excluding carboxylic acids is 2. The third-order valence-electron chi connectivity index (χ3n) is 3.98. The van der Waals surface area contributed by atoms with Crippen molar-refractivity contribution in [2.24, 2.45) is 0 Å². The molecule has 0 unspecified atom stereocenters. The van der Waals surface area contributed by atoms with E-state index in [9.17, 15) is 9.59 Å². The van der Waals surface area contributed by atoms with Crippen molar-refractivity contribution in [1.29, 1.82) is 0 Å². The number of esters is 1. The van der Waals surface area contributed by atoms with Gasteiger partial charge in [-0.1, -0.05) is 19.3 Å². The first kappa shape index (κ1) is 17.1. The fourth-order valence-electron chi connectivity index (χ4n) is 2.77. The molecule has 1 amide bonds. The van der Waals surface area contributed by atoms with E-state index in [-0.39, 0.29) is 25.0 Å². The topological polar surface area (TPSA) is 68.3 Å². The van der Waals surface area contributed by atoms with Gasteiger partial charge >= 0.3 is 5.97 Å². The monoisotopic (exact) mass is 364 g/mol. The van der Waals surface area contributed by atoms with Crippen molar-refractivity contribution in [3.8, 4) is 10.6 Å². The molecule has 0 saturated heterocycles. The van der Waals surface area contributed by atoms with Gasteiger partial charge in [0.05, 0.1) is 12.1 Å². The van der Waals surface area contributed by atoms with E-state index in [0.29, 0.717) is 5.69 Å². The van der Waals surface area contributed by atoms with Crippen molar-refractivity contribution in [3.05, 3.63) is 27.9 Å². The van der Waals surface area contributed by atoms with Crippen LogP contribution in [-0.2, 0) is 20.7 Å². The van der Waals surface area contributed by atoms with Gasteiger partial charge in [-0.25, -0.2) is 4.98 Å². The number of rotatable bonds is 6. The zero-order valence-corrected chi connectivity index (χ0v) is 15.0. The molecule has 2 aromatic heterocycles. The number of aromatic nitrogens is 1. The summed E-state index contributed by atoms with van der Waals surface area (Å²) in [6.45, 7) is -0.211. The summed E-state index contributed by atoms with van der Waals surface area (Å²) in [5, 5.41) is 9.71. The molecule has 24 heavy (non-hydrogen) atoms. The molecule has 7 heteroatoms. The molecule has 1 aliphatic rings. The summed E-state index contributed by atoms with van der Waals surface area (Å²) in [7, 11) is 0. The van der Waals surface area contributed by atoms with Crippen LogP contribution in [-0.4, -0.2) is 29.5 Å². The van der Waals surface area contributed by atoms with Crippen molar-refractivity contribution < 1.29 is 14.3 Å². The number of thiophene rings is 1. The average Bonchev–Trinajstić information content (AvgIpc) is 3.25. The van der Waals surface area contributed by atoms with Crippen molar-refractivity contribution in [3.63, 3.8) is 0 Å². The Morgan fingerprint density at radius 3 is 2.83 bits per heavy atom. The molecule has 0 atom stereocenters. The second-order valence-electron chi connectivity index (χ2n) is 5.90. The van der Waals surface area contributed by atoms with Crippen LogP contribution in [0.1, 0.15) is 37.8 Å². The lowest BCUT2D eigenvalue weighted by atomic mass is 9.95. The molecule has 1 aliphatic carbocycles. The Labute approximate surface area is 149 Å². The van der Waals surface area contributed by atoms with E-state index >= 15 is 0 Å². The largest absolute Gasteiger partial charge is 0.455 e. The fourth-order valence-corrected chi connectivity index (χ4v) is 4.30. The lowest BCUT2D eigenvalue weighted by Gasteiger charge is -2.22. The molecular weight excluding hydrogens is 344 g/mol. The predicted octanol–water partition coefficient (Wildman–Crippen LogP) is 3.41. The summed E-state index contributed by atoms with van der Waals surface area (Å²) in [6, 6.07) is 2.23. The normalized spacial score (nSPS) is 15.2. The molecule has 2 heterocycles. The first-order valence-electron chi connectivity index (χ1n) is 8.12. The maximum absolute atomic E-state index is 11.9. The zero-order chi connectivity index (χ0) is 16.8. The van der Waals surface area contributed by atoms with Gasteiger partial charge in [-0.05, 0) is 24.3 Å². The number of nitrogens with one attached hydrogen (secondary N) is 1. The van der Waals surface area contributed by atoms with E-state index in [1.165, 1.54) is 17.8 Å². The Balaban J connectivity index is 1.41. The molecule has 1 fully saturated rings. The van der Waals surface area contributed by atoms with Crippen molar-refractivity contribution >= 4 is 34.6 Å². The molecule has 0 radical (unpaired) electrons. The van der Waals surface area contributed by atoms with Gasteiger partial charge in [-0.2, -0.15) is 11.3 Å². The highest BCUT2D eigenvalue weighted by Crippen LogP contribution is 2.25. The van der Waals surface area contributed by atoms with Gasteiger partial charge in [0.25, 0.3) is 5.91 Å². The molecule has 2 aromatic rings. The third-order valence-corrected chi connectivity index (χ3v) is 5.60. The SMILES string of the molecule is O=C(COC(=O)Cc1csc(-c2ccsc2)n1)NC1CCCCC1. The van der Waals surface area contributed by atoms with Crippen LogP contribution in [0.15, 0.2) is 22.2 Å². The fraction of sp³-hybridized carbons (Fsp3) is 0.471. The van der Waals surface area contributed by atoms with E-state index in [1.807, 2.05) is 22.2 Å². The van der Waals surface area contributed by atoms with Crippen LogP contribution in [0.5, 0.6) is 0 Å². The summed E-state index contributed by atoms with van der Waals surface area (Å²) < 4.78 is 5.06. The number of ether oxygens (including phenoxy) is 1. The Morgan fingerprint density at radius 1 is 1.25 bits per heavy atom. The Bertz CT molecular complexity index is 676. The zero-order valence-electron chi connectivity index (χ0n) is 13.3. The minimum Gasteiger partial charge on any atom is -0.455 e. The molecule has 5 nitrogen and oxygen atoms in total. The Morgan fingerprint density at radius 2 is 2.08 bits per heavy atom. The van der Waals surface area contributed by atoms with Gasteiger partial charge in [0.1, 0.15) is 5.01 Å². The van der Waals surface area contributed by atoms with Crippen molar-refractivity contribution in [2.75, 3.05) is 6.61 Å². The predicted molar refractivity (Wildman–Crippen MR) is 95.1 cm³/mol. The van der Waals surface area contributed by atoms with Gasteiger partial charge in [0, 0.05) is 22.4 Å². The molecule has 128 valence electrons. The molecular formula is C17H20N2O3S2. The smallest absolute Gasteiger partial charge is 0.312 e. The van der Waals surface area contributed by atoms with Crippen molar-refractivity contribution in [2.45, 2.75) is 44.6 Å². The summed E-state index contributed by atoms with van der Waals surface area (Å²) in [6.07, 6.45) is 5.68. The lowest BCUT2D eigenvalue weighted by molar-refractivity contribution is -0.148. The Hall–Kier alpha value is -1.73. The number of nitrogens with zero attached hydrogens (tertiary/aromatic N) is 1. The quantitative estimate of drug-likeness (QED) is 0.798. The molecule has 0 spiro atoms. The molecule has 0 aromatic carbocycles. The highest BCUT2D eigenvalue weighted by molar-refractivity contribution is 7.14. The van der Waals surface area contributed by atoms with Crippen LogP contribution in [0, 0.1) is 0 Å². The van der Waals surface area contributed by atoms with Gasteiger partial charge in [-0.15, -0.1) is 11.3 Å². The Kier molecular flexibility index (Phi) is 5.98. The van der Waals surface area contributed by atoms with Crippen molar-refractivity contribution in [1.82, 2.24) is 10.3 Å². The van der Waals surface area contributed by atoms with E-state index in [1.54, 1.807) is 11.3 Å². The minimum atomic E-state index is -0.420. The van der Waals surface area contributed by atoms with Crippen LogP contribution < -0.4 is 5.32 Å². The first-order valence-corrected chi connectivity index (χ1v) is 9.95. The minimum absolute atomic E-state index is 0.0946. The molecule has 1 N–H and O–H groups in total. The van der Waals surface area contributed by atoms with E-state index in [0.717, 1.165) is 36.3 Å². The number of hydrogen-bond donors (Lipinski definition) is 1. The maximum Gasteiger partial charge on any atom is 0.312 e. The number of hydrogen-bond acceptors (Lipinski definition) is 6. The van der Waals surface area contributed by atoms with E-state index in [4.69, 9.17) is 4.74 Å². The standard InChI is InChI=1S/C17H20N2O3S2/c20-15(18-13-4-2-1-3-5-13)9-22-16(21)8-14-11-24-17(19-14)12-6-7-23-10-12/h6-7,10-11,13H,1-5,8-9H2,(H,18,20). The molecule has 0 aliphatic heterocycles. The number of amides is 1. The average molecular weight is 364 g/mol. The summed E-state index contributed by atoms with van der Waals surface area (Å²) in [5.74, 6) is -0.636. The van der Waals surface area contributed by atoms with Gasteiger partial charge < -0.3 is 10.1 Å². The van der Waals surface area contributed by atoms with E-state index < -0.39 is 5.97 Å². The van der Waals surface area contributed by atoms with Gasteiger partial charge in [0.15, 0.2) is 6.61 Å². The molecule has 0 bridgehead atoms. The second-order valence-corrected chi connectivity index (χ2v) is 7.53. The van der Waals surface area contributed by atoms with Crippen LogP contribution >= 0.6 is 22.7 Å². The van der Waals surface area contributed by atoms with Gasteiger partial charge in [-0.3, -0.25) is 9.59 Å². The number of thiazole rings is 1. The summed E-state index contributed by atoms with van der Waals surface area (Å²) in [5.41, 5.74) is 1.75. The second kappa shape index (κ2) is 8.39. The highest BCUT2D eigenvalue weighted by atomic mass is 32.1.